The summed E-state index contributed by atoms with van der Waals surface area (Å²) in [6, 6.07) is 5.72. The van der Waals surface area contributed by atoms with E-state index in [2.05, 4.69) is 37.1 Å². The molecule has 0 unspecified atom stereocenters. The summed E-state index contributed by atoms with van der Waals surface area (Å²) in [6.07, 6.45) is 7.26. The summed E-state index contributed by atoms with van der Waals surface area (Å²) in [5.74, 6) is 0.365. The third kappa shape index (κ3) is 2.36. The zero-order valence-corrected chi connectivity index (χ0v) is 10.5. The van der Waals surface area contributed by atoms with Crippen molar-refractivity contribution in [1.29, 1.82) is 0 Å². The van der Waals surface area contributed by atoms with Crippen molar-refractivity contribution < 1.29 is 5.11 Å². The highest BCUT2D eigenvalue weighted by atomic mass is 16.3. The van der Waals surface area contributed by atoms with E-state index in [9.17, 15) is 5.11 Å². The highest BCUT2D eigenvalue weighted by Gasteiger charge is 2.13. The Morgan fingerprint density at radius 1 is 1.29 bits per heavy atom. The van der Waals surface area contributed by atoms with Gasteiger partial charge in [0.05, 0.1) is 0 Å². The Hall–Kier alpha value is -1.70. The Kier molecular flexibility index (Phi) is 3.52. The van der Waals surface area contributed by atoms with Crippen LogP contribution in [0.15, 0.2) is 30.5 Å². The molecule has 1 aliphatic carbocycles. The molecule has 1 aromatic carbocycles. The largest absolute Gasteiger partial charge is 0.507 e. The van der Waals surface area contributed by atoms with Gasteiger partial charge in [-0.05, 0) is 37.5 Å². The maximum Gasteiger partial charge on any atom is 0.123 e. The van der Waals surface area contributed by atoms with E-state index in [0.717, 1.165) is 30.6 Å². The minimum Gasteiger partial charge on any atom is -0.507 e. The van der Waals surface area contributed by atoms with Crippen molar-refractivity contribution >= 4 is 11.6 Å². The average molecular weight is 229 g/mol. The van der Waals surface area contributed by atoms with Gasteiger partial charge in [0.2, 0.25) is 0 Å². The predicted octanol–water partition coefficient (Wildman–Crippen LogP) is 3.49. The molecular weight excluding hydrogens is 210 g/mol. The van der Waals surface area contributed by atoms with E-state index < -0.39 is 0 Å². The molecule has 0 fully saturated rings. The van der Waals surface area contributed by atoms with Crippen LogP contribution in [0, 0.1) is 0 Å². The van der Waals surface area contributed by atoms with Gasteiger partial charge >= 0.3 is 0 Å². The van der Waals surface area contributed by atoms with E-state index in [4.69, 9.17) is 0 Å². The second-order valence-corrected chi connectivity index (χ2v) is 4.22. The first-order valence-electron chi connectivity index (χ1n) is 6.19. The Morgan fingerprint density at radius 3 is 2.76 bits per heavy atom. The van der Waals surface area contributed by atoms with Crippen molar-refractivity contribution in [3.8, 4) is 5.75 Å². The van der Waals surface area contributed by atoms with Crippen molar-refractivity contribution in [3.63, 3.8) is 0 Å². The van der Waals surface area contributed by atoms with Crippen LogP contribution in [0.25, 0.3) is 11.6 Å². The van der Waals surface area contributed by atoms with Crippen LogP contribution in [0.5, 0.6) is 5.75 Å². The van der Waals surface area contributed by atoms with Crippen molar-refractivity contribution in [2.24, 2.45) is 0 Å². The van der Waals surface area contributed by atoms with Gasteiger partial charge in [-0.15, -0.1) is 0 Å². The maximum absolute atomic E-state index is 9.83. The van der Waals surface area contributed by atoms with Crippen molar-refractivity contribution in [2.45, 2.75) is 20.3 Å². The Morgan fingerprint density at radius 2 is 2.06 bits per heavy atom. The topological polar surface area (TPSA) is 23.5 Å². The predicted molar refractivity (Wildman–Crippen MR) is 72.7 cm³/mol. The SMILES string of the molecule is CCN(/C=C1/CC=Cc2c(O)cccc21)CC. The number of aromatic hydroxyl groups is 1. The van der Waals surface area contributed by atoms with Gasteiger partial charge in [-0.2, -0.15) is 0 Å². The summed E-state index contributed by atoms with van der Waals surface area (Å²) in [4.78, 5) is 2.28. The van der Waals surface area contributed by atoms with Crippen LogP contribution in [0.1, 0.15) is 31.4 Å². The third-order valence-electron chi connectivity index (χ3n) is 3.20. The molecule has 1 N–H and O–H groups in total. The molecule has 0 aliphatic heterocycles. The lowest BCUT2D eigenvalue weighted by Crippen LogP contribution is -2.16. The summed E-state index contributed by atoms with van der Waals surface area (Å²) in [5, 5.41) is 9.83. The minimum atomic E-state index is 0.365. The van der Waals surface area contributed by atoms with Gasteiger partial charge in [0.15, 0.2) is 0 Å². The molecule has 2 nitrogen and oxygen atoms in total. The van der Waals surface area contributed by atoms with E-state index in [0.29, 0.717) is 5.75 Å². The lowest BCUT2D eigenvalue weighted by Gasteiger charge is -2.21. The number of nitrogens with zero attached hydrogens (tertiary/aromatic N) is 1. The molecular formula is C15H19NO. The quantitative estimate of drug-likeness (QED) is 0.857. The molecule has 0 spiro atoms. The first kappa shape index (κ1) is 11.8. The van der Waals surface area contributed by atoms with Crippen LogP contribution in [0.4, 0.5) is 0 Å². The number of phenolic OH excluding ortho intramolecular Hbond substituents is 1. The number of phenols is 1. The molecule has 0 saturated heterocycles. The van der Waals surface area contributed by atoms with Gasteiger partial charge in [0, 0.05) is 24.9 Å². The summed E-state index contributed by atoms with van der Waals surface area (Å²) >= 11 is 0. The molecule has 1 aliphatic rings. The number of hydrogen-bond donors (Lipinski definition) is 1. The molecule has 90 valence electrons. The van der Waals surface area contributed by atoms with Gasteiger partial charge < -0.3 is 10.0 Å². The van der Waals surface area contributed by atoms with Gasteiger partial charge in [-0.25, -0.2) is 0 Å². The Balaban J connectivity index is 2.41. The van der Waals surface area contributed by atoms with Gasteiger partial charge in [-0.1, -0.05) is 24.3 Å². The molecule has 1 aromatic rings. The number of fused-ring (bicyclic) bond motifs is 1. The van der Waals surface area contributed by atoms with E-state index in [1.165, 1.54) is 5.57 Å². The molecule has 2 rings (SSSR count). The molecule has 2 heteroatoms. The zero-order valence-electron chi connectivity index (χ0n) is 10.5. The number of rotatable bonds is 3. The fourth-order valence-electron chi connectivity index (χ4n) is 2.17. The fraction of sp³-hybridized carbons (Fsp3) is 0.333. The first-order chi connectivity index (χ1) is 8.26. The van der Waals surface area contributed by atoms with Crippen LogP contribution in [0.3, 0.4) is 0 Å². The normalized spacial score (nSPS) is 16.0. The third-order valence-corrected chi connectivity index (χ3v) is 3.20. The molecule has 0 heterocycles. The molecule has 0 atom stereocenters. The summed E-state index contributed by atoms with van der Waals surface area (Å²) in [5.41, 5.74) is 3.37. The number of hydrogen-bond acceptors (Lipinski definition) is 2. The van der Waals surface area contributed by atoms with Crippen LogP contribution in [0.2, 0.25) is 0 Å². The lowest BCUT2D eigenvalue weighted by molar-refractivity contribution is 0.419. The zero-order chi connectivity index (χ0) is 12.3. The van der Waals surface area contributed by atoms with Crippen molar-refractivity contribution in [2.75, 3.05) is 13.1 Å². The van der Waals surface area contributed by atoms with Gasteiger partial charge in [-0.3, -0.25) is 0 Å². The molecule has 0 amide bonds. The minimum absolute atomic E-state index is 0.365. The number of allylic oxidation sites excluding steroid dienone is 2. The van der Waals surface area contributed by atoms with Crippen LogP contribution in [-0.2, 0) is 0 Å². The second kappa shape index (κ2) is 5.09. The summed E-state index contributed by atoms with van der Waals surface area (Å²) in [6.45, 7) is 6.33. The van der Waals surface area contributed by atoms with Crippen LogP contribution < -0.4 is 0 Å². The monoisotopic (exact) mass is 229 g/mol. The molecule has 0 saturated carbocycles. The van der Waals surface area contributed by atoms with Gasteiger partial charge in [0.25, 0.3) is 0 Å². The van der Waals surface area contributed by atoms with E-state index in [1.807, 2.05) is 12.1 Å². The maximum atomic E-state index is 9.83. The smallest absolute Gasteiger partial charge is 0.123 e. The van der Waals surface area contributed by atoms with Crippen LogP contribution in [-0.4, -0.2) is 23.1 Å². The lowest BCUT2D eigenvalue weighted by atomic mass is 9.92. The molecule has 0 radical (unpaired) electrons. The number of benzene rings is 1. The highest BCUT2D eigenvalue weighted by molar-refractivity contribution is 5.81. The van der Waals surface area contributed by atoms with Crippen molar-refractivity contribution in [3.05, 3.63) is 41.6 Å². The Labute approximate surface area is 103 Å². The highest BCUT2D eigenvalue weighted by Crippen LogP contribution is 2.34. The van der Waals surface area contributed by atoms with Crippen LogP contribution >= 0.6 is 0 Å². The van der Waals surface area contributed by atoms with E-state index >= 15 is 0 Å². The standard InChI is InChI=1S/C15H19NO/c1-3-16(4-2)11-12-7-5-9-14-13(12)8-6-10-15(14)17/h5-6,8-11,17H,3-4,7H2,1-2H3/b12-11-. The van der Waals surface area contributed by atoms with E-state index in [-0.39, 0.29) is 0 Å². The summed E-state index contributed by atoms with van der Waals surface area (Å²) < 4.78 is 0. The second-order valence-electron chi connectivity index (χ2n) is 4.22. The Bertz CT molecular complexity index is 456. The molecule has 0 aromatic heterocycles. The van der Waals surface area contributed by atoms with Crippen molar-refractivity contribution in [1.82, 2.24) is 4.90 Å². The molecule has 17 heavy (non-hydrogen) atoms. The van der Waals surface area contributed by atoms with Gasteiger partial charge in [0.1, 0.15) is 5.75 Å². The average Bonchev–Trinajstić information content (AvgIpc) is 2.37. The summed E-state index contributed by atoms with van der Waals surface area (Å²) in [7, 11) is 0. The first-order valence-corrected chi connectivity index (χ1v) is 6.19. The fourth-order valence-corrected chi connectivity index (χ4v) is 2.17. The molecule has 0 bridgehead atoms. The van der Waals surface area contributed by atoms with E-state index in [1.54, 1.807) is 6.07 Å².